The van der Waals surface area contributed by atoms with Gasteiger partial charge in [0.15, 0.2) is 0 Å². The predicted molar refractivity (Wildman–Crippen MR) is 347 cm³/mol. The van der Waals surface area contributed by atoms with E-state index in [1.807, 2.05) is 82.2 Å². The fourth-order valence-electron chi connectivity index (χ4n) is 11.5. The maximum absolute atomic E-state index is 15.3. The highest BCUT2D eigenvalue weighted by atomic mass is 16.3. The molecule has 0 aromatic heterocycles. The first-order valence-corrected chi connectivity index (χ1v) is 32.4. The highest BCUT2D eigenvalue weighted by Gasteiger charge is 2.46. The first kappa shape index (κ1) is 80.9. The lowest BCUT2D eigenvalue weighted by Gasteiger charge is -2.41. The molecule has 1 rings (SSSR count). The third-order valence-corrected chi connectivity index (χ3v) is 17.1. The van der Waals surface area contributed by atoms with Gasteiger partial charge in [0.25, 0.3) is 0 Å². The van der Waals surface area contributed by atoms with Crippen LogP contribution in [-0.2, 0) is 52.7 Å². The molecule has 11 amide bonds. The zero-order valence-electron chi connectivity index (χ0n) is 59.2. The van der Waals surface area contributed by atoms with Crippen LogP contribution in [0.3, 0.4) is 0 Å². The SMILES string of the molecule is CC=CCC(C)[C@@H](O)[C@H]1C(=O)N[C@@H](CC)C(=O)N(C)[C@@H](CC(C)C)C(=O)N(C)[C@@H](CC(C)C)C(=O)N[C@@H](C(C)C)C(=O)N(C)C(CC(C)C)C(=O)N[C@@H](C)C(=O)NC(C)C(=O)N(C)C(CC(C)C)C(=O)N(C)C(CC(C)C)C(=O)N(C)[C@@H](C(C)C)C(=O)N1C. The van der Waals surface area contributed by atoms with Crippen molar-refractivity contribution in [3.05, 3.63) is 12.2 Å². The molecule has 89 heavy (non-hydrogen) atoms. The number of allylic oxidation sites excluding steroid dienone is 2. The number of aliphatic hydroxyl groups excluding tert-OH is 1. The van der Waals surface area contributed by atoms with E-state index in [4.69, 9.17) is 0 Å². The van der Waals surface area contributed by atoms with Crippen LogP contribution in [-0.4, -0.2) is 226 Å². The molecule has 0 bridgehead atoms. The molecule has 1 aliphatic heterocycles. The molecule has 1 heterocycles. The molecule has 1 saturated heterocycles. The Morgan fingerprint density at radius 3 is 1.13 bits per heavy atom. The lowest BCUT2D eigenvalue weighted by Crippen LogP contribution is -2.64. The largest absolute Gasteiger partial charge is 0.390 e. The molecule has 23 nitrogen and oxygen atoms in total. The first-order valence-electron chi connectivity index (χ1n) is 32.4. The number of amides is 11. The van der Waals surface area contributed by atoms with E-state index in [0.29, 0.717) is 6.42 Å². The number of hydrogen-bond donors (Lipinski definition) is 5. The Hall–Kier alpha value is -6.13. The second-order valence-electron chi connectivity index (χ2n) is 27.9. The fourth-order valence-corrected chi connectivity index (χ4v) is 11.5. The standard InChI is InChI=1S/C66H119N11O12/c1-27-29-30-43(17)55(78)54-59(82)69-46(28-2)61(84)74(23)50(34-39(9)10)62(85)71(20)48(32-37(5)6)58(81)70-52(41(13)14)65(88)72(21)47(31-36(3)4)57(80)67-44(18)56(79)68-45(19)60(83)73(22)49(33-38(7)8)63(86)75(24)51(35-40(11)12)64(87)76(25)53(42(15)16)66(89)77(54)26/h27,29,36-55,78H,28,30-35H2,1-26H3,(H,67,80)(H,68,79)(H,69,82)(H,70,81)/t43?,44-,45?,46-,47?,48-,49?,50-,51?,52-,53-,54-,55+/m0/s1. The fraction of sp³-hybridized carbons (Fsp3) is 0.803. The van der Waals surface area contributed by atoms with Gasteiger partial charge in [0.2, 0.25) is 65.0 Å². The van der Waals surface area contributed by atoms with E-state index >= 15 is 24.0 Å². The minimum Gasteiger partial charge on any atom is -0.390 e. The van der Waals surface area contributed by atoms with Gasteiger partial charge in [0.05, 0.1) is 6.10 Å². The van der Waals surface area contributed by atoms with Crippen molar-refractivity contribution < 1.29 is 57.8 Å². The molecule has 0 spiro atoms. The molecule has 0 radical (unpaired) electrons. The van der Waals surface area contributed by atoms with Crippen molar-refractivity contribution in [1.29, 1.82) is 0 Å². The lowest BCUT2D eigenvalue weighted by molar-refractivity contribution is -0.157. The number of hydrogen-bond acceptors (Lipinski definition) is 12. The van der Waals surface area contributed by atoms with Crippen molar-refractivity contribution in [3.8, 4) is 0 Å². The smallest absolute Gasteiger partial charge is 0.246 e. The minimum atomic E-state index is -1.62. The van der Waals surface area contributed by atoms with Gasteiger partial charge in [0.1, 0.15) is 66.5 Å². The van der Waals surface area contributed by atoms with Crippen LogP contribution in [0.2, 0.25) is 0 Å². The monoisotopic (exact) mass is 1260 g/mol. The van der Waals surface area contributed by atoms with E-state index in [9.17, 15) is 33.9 Å². The summed E-state index contributed by atoms with van der Waals surface area (Å²) in [5, 5.41) is 23.4. The molecule has 5 unspecified atom stereocenters. The number of carbonyl (C=O) groups excluding carboxylic acids is 11. The molecule has 0 aliphatic carbocycles. The van der Waals surface area contributed by atoms with Gasteiger partial charge in [-0.05, 0) is 113 Å². The van der Waals surface area contributed by atoms with Crippen molar-refractivity contribution in [3.63, 3.8) is 0 Å². The third-order valence-electron chi connectivity index (χ3n) is 17.1. The van der Waals surface area contributed by atoms with Crippen LogP contribution in [0.4, 0.5) is 0 Å². The summed E-state index contributed by atoms with van der Waals surface area (Å²) in [6, 6.07) is -13.6. The Kier molecular flexibility index (Phi) is 33.3. The van der Waals surface area contributed by atoms with Gasteiger partial charge in [-0.25, -0.2) is 0 Å². The van der Waals surface area contributed by atoms with Crippen LogP contribution < -0.4 is 21.3 Å². The zero-order chi connectivity index (χ0) is 69.1. The minimum absolute atomic E-state index is 0.0173. The number of rotatable bonds is 17. The van der Waals surface area contributed by atoms with Gasteiger partial charge in [-0.1, -0.05) is 123 Å². The number of nitrogens with zero attached hydrogens (tertiary/aromatic N) is 7. The Labute approximate surface area is 534 Å². The highest BCUT2D eigenvalue weighted by molar-refractivity contribution is 6.00. The van der Waals surface area contributed by atoms with E-state index in [0.717, 1.165) is 4.90 Å². The van der Waals surface area contributed by atoms with Gasteiger partial charge in [-0.2, -0.15) is 0 Å². The van der Waals surface area contributed by atoms with Crippen LogP contribution in [0.5, 0.6) is 0 Å². The molecule has 5 N–H and O–H groups in total. The number of likely N-dealkylation sites (N-methyl/N-ethyl adjacent to an activating group) is 7. The summed E-state index contributed by atoms with van der Waals surface area (Å²) in [6.07, 6.45) is 3.17. The van der Waals surface area contributed by atoms with Gasteiger partial charge in [-0.15, -0.1) is 0 Å². The van der Waals surface area contributed by atoms with Gasteiger partial charge >= 0.3 is 0 Å². The number of carbonyl (C=O) groups is 11. The Bertz CT molecular complexity index is 2430. The maximum Gasteiger partial charge on any atom is 0.246 e. The average Bonchev–Trinajstić information content (AvgIpc) is 1.46. The second kappa shape index (κ2) is 36.6. The summed E-state index contributed by atoms with van der Waals surface area (Å²) in [5.74, 6) is -9.83. The number of nitrogens with one attached hydrogen (secondary N) is 4. The molecule has 1 aliphatic rings. The Morgan fingerprint density at radius 1 is 0.393 bits per heavy atom. The number of aliphatic hydroxyl groups is 1. The maximum atomic E-state index is 15.3. The van der Waals surface area contributed by atoms with E-state index in [2.05, 4.69) is 21.3 Å². The molecular formula is C66H119N11O12. The van der Waals surface area contributed by atoms with Crippen molar-refractivity contribution >= 4 is 65.0 Å². The summed E-state index contributed by atoms with van der Waals surface area (Å²) in [4.78, 5) is 172. The summed E-state index contributed by atoms with van der Waals surface area (Å²) in [7, 11) is 10.1. The van der Waals surface area contributed by atoms with Crippen LogP contribution in [0, 0.1) is 47.3 Å². The predicted octanol–water partition coefficient (Wildman–Crippen LogP) is 4.68. The van der Waals surface area contributed by atoms with Gasteiger partial charge in [0, 0.05) is 49.3 Å². The van der Waals surface area contributed by atoms with Crippen LogP contribution in [0.15, 0.2) is 12.2 Å². The van der Waals surface area contributed by atoms with E-state index in [-0.39, 0.29) is 68.1 Å². The van der Waals surface area contributed by atoms with E-state index in [1.165, 1.54) is 92.6 Å². The van der Waals surface area contributed by atoms with Crippen LogP contribution in [0.25, 0.3) is 0 Å². The molecule has 0 aromatic rings. The molecule has 0 aromatic carbocycles. The van der Waals surface area contributed by atoms with E-state index in [1.54, 1.807) is 47.6 Å². The molecule has 13 atom stereocenters. The van der Waals surface area contributed by atoms with Gasteiger partial charge in [-0.3, -0.25) is 52.7 Å². The third kappa shape index (κ3) is 22.6. The Morgan fingerprint density at radius 2 is 0.742 bits per heavy atom. The second-order valence-corrected chi connectivity index (χ2v) is 27.9. The average molecular weight is 1260 g/mol. The lowest BCUT2D eigenvalue weighted by atomic mass is 9.91. The normalized spacial score (nSPS) is 27.1. The molecule has 510 valence electrons. The van der Waals surface area contributed by atoms with Crippen LogP contribution in [0.1, 0.15) is 176 Å². The van der Waals surface area contributed by atoms with Crippen molar-refractivity contribution in [2.45, 2.75) is 249 Å². The van der Waals surface area contributed by atoms with Crippen LogP contribution >= 0.6 is 0 Å². The summed E-state index contributed by atoms with van der Waals surface area (Å²) in [5.41, 5.74) is 0. The van der Waals surface area contributed by atoms with E-state index < -0.39 is 155 Å². The Balaban J connectivity index is 4.48. The molecule has 23 heteroatoms. The summed E-state index contributed by atoms with van der Waals surface area (Å²) < 4.78 is 0. The quantitative estimate of drug-likeness (QED) is 0.124. The van der Waals surface area contributed by atoms with Crippen molar-refractivity contribution in [1.82, 2.24) is 55.6 Å². The summed E-state index contributed by atoms with van der Waals surface area (Å²) in [6.45, 7) is 33.8. The van der Waals surface area contributed by atoms with Crippen molar-refractivity contribution in [2.75, 3.05) is 49.3 Å². The van der Waals surface area contributed by atoms with Gasteiger partial charge < -0.3 is 60.7 Å². The summed E-state index contributed by atoms with van der Waals surface area (Å²) >= 11 is 0. The first-order chi connectivity index (χ1) is 41.0. The molecule has 1 fully saturated rings. The topological polar surface area (TPSA) is 279 Å². The zero-order valence-corrected chi connectivity index (χ0v) is 59.2. The highest BCUT2D eigenvalue weighted by Crippen LogP contribution is 2.26. The van der Waals surface area contributed by atoms with Crippen molar-refractivity contribution in [2.24, 2.45) is 47.3 Å². The molecular weight excluding hydrogens is 1140 g/mol. The molecule has 0 saturated carbocycles.